The highest BCUT2D eigenvalue weighted by molar-refractivity contribution is 5.77. The van der Waals surface area contributed by atoms with Crippen LogP contribution in [0.5, 0.6) is 0 Å². The van der Waals surface area contributed by atoms with Crippen molar-refractivity contribution in [3.05, 3.63) is 0 Å². The first-order valence-corrected chi connectivity index (χ1v) is 9.50. The Kier molecular flexibility index (Phi) is 4.67. The second-order valence-corrected chi connectivity index (χ2v) is 9.55. The molecule has 4 rings (SSSR count). The van der Waals surface area contributed by atoms with Crippen molar-refractivity contribution in [3.8, 4) is 0 Å². The topological polar surface area (TPSA) is 78.4 Å². The van der Waals surface area contributed by atoms with E-state index in [1.54, 1.807) is 5.48 Å². The third-order valence-corrected chi connectivity index (χ3v) is 6.46. The van der Waals surface area contributed by atoms with Gasteiger partial charge in [-0.2, -0.15) is 0 Å². The van der Waals surface area contributed by atoms with E-state index < -0.39 is 0 Å². The van der Waals surface area contributed by atoms with Gasteiger partial charge >= 0.3 is 0 Å². The largest absolute Gasteiger partial charge is 0.351 e. The Balaban J connectivity index is 1.47. The quantitative estimate of drug-likeness (QED) is 0.379. The van der Waals surface area contributed by atoms with E-state index >= 15 is 0 Å². The molecule has 136 valence electrons. The lowest BCUT2D eigenvalue weighted by Gasteiger charge is -2.65. The summed E-state index contributed by atoms with van der Waals surface area (Å²) in [6.07, 6.45) is 10.7. The molecule has 24 heavy (non-hydrogen) atoms. The predicted octanol–water partition coefficient (Wildman–Crippen LogP) is 3.31. The minimum atomic E-state index is -0.352. The summed E-state index contributed by atoms with van der Waals surface area (Å²) in [5.74, 6) is 0.610. The van der Waals surface area contributed by atoms with Crippen LogP contribution < -0.4 is 10.8 Å². The van der Waals surface area contributed by atoms with Crippen LogP contribution in [0, 0.1) is 16.7 Å². The summed E-state index contributed by atoms with van der Waals surface area (Å²) >= 11 is 0. The number of nitrogens with one attached hydrogen (secondary N) is 2. The Hall–Kier alpha value is -1.10. The molecule has 3 N–H and O–H groups in total. The van der Waals surface area contributed by atoms with Crippen LogP contribution in [0.25, 0.3) is 0 Å². The van der Waals surface area contributed by atoms with E-state index in [1.165, 1.54) is 25.7 Å². The minimum absolute atomic E-state index is 0.0385. The van der Waals surface area contributed by atoms with Gasteiger partial charge in [0.15, 0.2) is 0 Å². The number of carbonyl (C=O) groups excluding carboxylic acids is 2. The van der Waals surface area contributed by atoms with Gasteiger partial charge in [0.2, 0.25) is 11.8 Å². The fourth-order valence-corrected chi connectivity index (χ4v) is 6.75. The standard InChI is InChI=1S/C19H32N2O3/c1-17-8-14-9-18(2,11-17)13-19(10-14,12-17)20-15(22)6-4-3-5-7-16(23)21-24/h14,24H,3-13H2,1-2H3,(H,20,22)(H,21,23). The molecule has 4 bridgehead atoms. The molecule has 4 aliphatic rings. The maximum absolute atomic E-state index is 12.5. The van der Waals surface area contributed by atoms with Crippen molar-refractivity contribution in [2.75, 3.05) is 0 Å². The zero-order chi connectivity index (χ0) is 17.4. The van der Waals surface area contributed by atoms with Gasteiger partial charge in [-0.05, 0) is 68.1 Å². The van der Waals surface area contributed by atoms with Gasteiger partial charge in [0, 0.05) is 18.4 Å². The molecule has 0 aromatic rings. The molecule has 0 heterocycles. The molecule has 0 saturated heterocycles. The molecule has 5 nitrogen and oxygen atoms in total. The zero-order valence-electron chi connectivity index (χ0n) is 15.1. The predicted molar refractivity (Wildman–Crippen MR) is 91.3 cm³/mol. The smallest absolute Gasteiger partial charge is 0.243 e. The SMILES string of the molecule is CC12CC3CC(C)(C1)CC(NC(=O)CCCCCC(=O)NO)(C3)C2. The van der Waals surface area contributed by atoms with E-state index in [9.17, 15) is 9.59 Å². The average Bonchev–Trinajstić information content (AvgIpc) is 2.41. The minimum Gasteiger partial charge on any atom is -0.351 e. The van der Waals surface area contributed by atoms with Gasteiger partial charge in [-0.1, -0.05) is 20.3 Å². The molecular formula is C19H32N2O3. The van der Waals surface area contributed by atoms with E-state index in [4.69, 9.17) is 5.21 Å². The van der Waals surface area contributed by atoms with E-state index in [0.29, 0.717) is 30.1 Å². The van der Waals surface area contributed by atoms with Gasteiger partial charge in [0.1, 0.15) is 0 Å². The molecule has 0 radical (unpaired) electrons. The lowest BCUT2D eigenvalue weighted by molar-refractivity contribution is -0.139. The monoisotopic (exact) mass is 336 g/mol. The van der Waals surface area contributed by atoms with Crippen molar-refractivity contribution in [2.24, 2.45) is 16.7 Å². The fourth-order valence-electron chi connectivity index (χ4n) is 6.75. The highest BCUT2D eigenvalue weighted by Crippen LogP contribution is 2.66. The van der Waals surface area contributed by atoms with Gasteiger partial charge in [-0.3, -0.25) is 14.8 Å². The molecule has 0 aromatic carbocycles. The maximum atomic E-state index is 12.5. The molecule has 4 saturated carbocycles. The highest BCUT2D eigenvalue weighted by atomic mass is 16.5. The molecule has 0 aliphatic heterocycles. The highest BCUT2D eigenvalue weighted by Gasteiger charge is 2.60. The van der Waals surface area contributed by atoms with Crippen molar-refractivity contribution in [2.45, 2.75) is 90.0 Å². The summed E-state index contributed by atoms with van der Waals surface area (Å²) in [5.41, 5.74) is 2.51. The van der Waals surface area contributed by atoms with Gasteiger partial charge in [-0.25, -0.2) is 5.48 Å². The van der Waals surface area contributed by atoms with Crippen LogP contribution in [0.4, 0.5) is 0 Å². The normalized spacial score (nSPS) is 39.7. The van der Waals surface area contributed by atoms with Gasteiger partial charge < -0.3 is 5.32 Å². The first kappa shape index (κ1) is 17.7. The molecule has 0 spiro atoms. The Labute approximate surface area is 144 Å². The third kappa shape index (κ3) is 3.76. The Morgan fingerprint density at radius 1 is 0.917 bits per heavy atom. The molecule has 0 aromatic heterocycles. The summed E-state index contributed by atoms with van der Waals surface area (Å²) in [6.45, 7) is 4.84. The van der Waals surface area contributed by atoms with Crippen molar-refractivity contribution in [1.82, 2.24) is 10.8 Å². The van der Waals surface area contributed by atoms with Crippen molar-refractivity contribution < 1.29 is 14.8 Å². The lowest BCUT2D eigenvalue weighted by Crippen LogP contribution is -2.65. The summed E-state index contributed by atoms with van der Waals surface area (Å²) in [4.78, 5) is 23.4. The summed E-state index contributed by atoms with van der Waals surface area (Å²) in [7, 11) is 0. The first-order valence-electron chi connectivity index (χ1n) is 9.50. The number of amides is 2. The molecular weight excluding hydrogens is 304 g/mol. The number of hydrogen-bond acceptors (Lipinski definition) is 3. The average molecular weight is 336 g/mol. The second kappa shape index (κ2) is 6.32. The van der Waals surface area contributed by atoms with Crippen LogP contribution in [-0.4, -0.2) is 22.6 Å². The van der Waals surface area contributed by atoms with Crippen LogP contribution >= 0.6 is 0 Å². The van der Waals surface area contributed by atoms with E-state index in [-0.39, 0.29) is 17.4 Å². The van der Waals surface area contributed by atoms with Gasteiger partial charge in [-0.15, -0.1) is 0 Å². The fraction of sp³-hybridized carbons (Fsp3) is 0.895. The van der Waals surface area contributed by atoms with Crippen LogP contribution in [0.15, 0.2) is 0 Å². The van der Waals surface area contributed by atoms with Crippen molar-refractivity contribution in [3.63, 3.8) is 0 Å². The van der Waals surface area contributed by atoms with E-state index in [0.717, 1.165) is 31.6 Å². The number of hydrogen-bond donors (Lipinski definition) is 3. The molecule has 4 aliphatic carbocycles. The van der Waals surface area contributed by atoms with Crippen LogP contribution in [0.3, 0.4) is 0 Å². The molecule has 2 amide bonds. The molecule has 4 fully saturated rings. The third-order valence-electron chi connectivity index (χ3n) is 6.46. The number of hydroxylamine groups is 1. The number of rotatable bonds is 7. The number of unbranched alkanes of at least 4 members (excludes halogenated alkanes) is 2. The number of carbonyl (C=O) groups is 2. The maximum Gasteiger partial charge on any atom is 0.243 e. The van der Waals surface area contributed by atoms with E-state index in [1.807, 2.05) is 0 Å². The first-order chi connectivity index (χ1) is 11.3. The summed E-state index contributed by atoms with van der Waals surface area (Å²) in [6, 6.07) is 0. The zero-order valence-corrected chi connectivity index (χ0v) is 15.1. The van der Waals surface area contributed by atoms with Crippen LogP contribution in [0.2, 0.25) is 0 Å². The van der Waals surface area contributed by atoms with Crippen molar-refractivity contribution in [1.29, 1.82) is 0 Å². The van der Waals surface area contributed by atoms with E-state index in [2.05, 4.69) is 19.2 Å². The van der Waals surface area contributed by atoms with Crippen LogP contribution in [0.1, 0.15) is 84.5 Å². The molecule has 2 unspecified atom stereocenters. The summed E-state index contributed by atoms with van der Waals surface area (Å²) < 4.78 is 0. The Bertz CT molecular complexity index is 501. The van der Waals surface area contributed by atoms with Crippen LogP contribution in [-0.2, 0) is 9.59 Å². The van der Waals surface area contributed by atoms with Crippen molar-refractivity contribution >= 4 is 11.8 Å². The Morgan fingerprint density at radius 2 is 1.50 bits per heavy atom. The summed E-state index contributed by atoms with van der Waals surface area (Å²) in [5, 5.41) is 11.9. The Morgan fingerprint density at radius 3 is 2.04 bits per heavy atom. The van der Waals surface area contributed by atoms with Gasteiger partial charge in [0.05, 0.1) is 0 Å². The van der Waals surface area contributed by atoms with Gasteiger partial charge in [0.25, 0.3) is 0 Å². The lowest BCUT2D eigenvalue weighted by atomic mass is 9.43. The second-order valence-electron chi connectivity index (χ2n) is 9.55. The molecule has 2 atom stereocenters. The molecule has 5 heteroatoms.